The molecule has 0 fully saturated rings. The second kappa shape index (κ2) is 8.24. The molecule has 0 atom stereocenters. The van der Waals surface area contributed by atoms with Crippen molar-refractivity contribution in [3.8, 4) is 11.5 Å². The minimum absolute atomic E-state index is 0.291. The van der Waals surface area contributed by atoms with E-state index in [0.717, 1.165) is 29.7 Å². The van der Waals surface area contributed by atoms with E-state index in [9.17, 15) is 4.79 Å². The van der Waals surface area contributed by atoms with Crippen LogP contribution in [0.3, 0.4) is 0 Å². The molecule has 5 heteroatoms. The lowest BCUT2D eigenvalue weighted by atomic mass is 10.0. The van der Waals surface area contributed by atoms with Crippen LogP contribution < -0.4 is 20.1 Å². The molecule has 2 aromatic rings. The Morgan fingerprint density at radius 2 is 1.46 bits per heavy atom. The Morgan fingerprint density at radius 3 is 1.92 bits per heavy atom. The monoisotopic (exact) mass is 328 g/mol. The summed E-state index contributed by atoms with van der Waals surface area (Å²) >= 11 is 0. The molecule has 0 aliphatic heterocycles. The maximum atomic E-state index is 12.4. The first-order chi connectivity index (χ1) is 11.6. The van der Waals surface area contributed by atoms with Gasteiger partial charge in [0.25, 0.3) is 0 Å². The average molecular weight is 328 g/mol. The van der Waals surface area contributed by atoms with E-state index in [1.165, 1.54) is 0 Å². The molecule has 2 N–H and O–H groups in total. The van der Waals surface area contributed by atoms with Crippen LogP contribution in [-0.4, -0.2) is 20.3 Å². The highest BCUT2D eigenvalue weighted by molar-refractivity contribution is 6.01. The van der Waals surface area contributed by atoms with Gasteiger partial charge in [-0.25, -0.2) is 4.79 Å². The number of hydrogen-bond donors (Lipinski definition) is 2. The van der Waals surface area contributed by atoms with Gasteiger partial charge in [0.1, 0.15) is 11.5 Å². The summed E-state index contributed by atoms with van der Waals surface area (Å²) in [7, 11) is 3.15. The normalized spacial score (nSPS) is 10.2. The lowest BCUT2D eigenvalue weighted by Gasteiger charge is -2.15. The maximum Gasteiger partial charge on any atom is 0.323 e. The van der Waals surface area contributed by atoms with Crippen molar-refractivity contribution in [2.45, 2.75) is 26.7 Å². The molecule has 2 amide bonds. The lowest BCUT2D eigenvalue weighted by molar-refractivity contribution is 0.262. The molecular weight excluding hydrogens is 304 g/mol. The number of ether oxygens (including phenoxy) is 2. The minimum atomic E-state index is -0.291. The van der Waals surface area contributed by atoms with Crippen molar-refractivity contribution in [2.24, 2.45) is 0 Å². The number of aryl methyl sites for hydroxylation is 2. The lowest BCUT2D eigenvalue weighted by Crippen LogP contribution is -2.21. The van der Waals surface area contributed by atoms with E-state index in [2.05, 4.69) is 24.5 Å². The fourth-order valence-corrected chi connectivity index (χ4v) is 2.56. The largest absolute Gasteiger partial charge is 0.497 e. The van der Waals surface area contributed by atoms with Gasteiger partial charge in [-0.2, -0.15) is 0 Å². The fourth-order valence-electron chi connectivity index (χ4n) is 2.56. The summed E-state index contributed by atoms with van der Waals surface area (Å²) < 4.78 is 10.4. The van der Waals surface area contributed by atoms with Crippen molar-refractivity contribution < 1.29 is 14.3 Å². The molecule has 0 saturated carbocycles. The number of rotatable bonds is 6. The number of anilines is 2. The number of carbonyl (C=O) groups excluding carboxylic acids is 1. The summed E-state index contributed by atoms with van der Waals surface area (Å²) in [5.41, 5.74) is 3.73. The molecule has 5 nitrogen and oxygen atoms in total. The third kappa shape index (κ3) is 4.19. The van der Waals surface area contributed by atoms with Crippen LogP contribution in [0.2, 0.25) is 0 Å². The molecule has 0 heterocycles. The van der Waals surface area contributed by atoms with Gasteiger partial charge in [0, 0.05) is 29.6 Å². The van der Waals surface area contributed by atoms with Crippen LogP contribution in [0.25, 0.3) is 0 Å². The quantitative estimate of drug-likeness (QED) is 0.822. The number of amides is 2. The molecule has 0 bridgehead atoms. The standard InChI is InChI=1S/C19H24N2O3/c1-5-13-8-7-9-14(6-2)18(13)21-19(22)20-15-10-16(23-3)12-17(11-15)24-4/h7-12H,5-6H2,1-4H3,(H2,20,21,22). The van der Waals surface area contributed by atoms with Gasteiger partial charge in [-0.3, -0.25) is 0 Å². The molecule has 2 rings (SSSR count). The van der Waals surface area contributed by atoms with Crippen LogP contribution in [0.15, 0.2) is 36.4 Å². The van der Waals surface area contributed by atoms with Crippen LogP contribution >= 0.6 is 0 Å². The number of methoxy groups -OCH3 is 2. The number of para-hydroxylation sites is 1. The smallest absolute Gasteiger partial charge is 0.323 e. The Hall–Kier alpha value is -2.69. The van der Waals surface area contributed by atoms with Crippen molar-refractivity contribution in [1.29, 1.82) is 0 Å². The highest BCUT2D eigenvalue weighted by Crippen LogP contribution is 2.27. The topological polar surface area (TPSA) is 59.6 Å². The minimum Gasteiger partial charge on any atom is -0.497 e. The Balaban J connectivity index is 2.20. The first-order valence-electron chi connectivity index (χ1n) is 8.03. The van der Waals surface area contributed by atoms with Crippen molar-refractivity contribution >= 4 is 17.4 Å². The highest BCUT2D eigenvalue weighted by Gasteiger charge is 2.11. The van der Waals surface area contributed by atoms with Crippen LogP contribution in [0.1, 0.15) is 25.0 Å². The summed E-state index contributed by atoms with van der Waals surface area (Å²) in [4.78, 5) is 12.4. The first kappa shape index (κ1) is 17.7. The maximum absolute atomic E-state index is 12.4. The van der Waals surface area contributed by atoms with E-state index in [-0.39, 0.29) is 6.03 Å². The number of carbonyl (C=O) groups is 1. The van der Waals surface area contributed by atoms with Gasteiger partial charge >= 0.3 is 6.03 Å². The van der Waals surface area contributed by atoms with Gasteiger partial charge in [-0.1, -0.05) is 32.0 Å². The third-order valence-corrected chi connectivity index (χ3v) is 3.85. The zero-order valence-corrected chi connectivity index (χ0v) is 14.6. The van der Waals surface area contributed by atoms with E-state index in [4.69, 9.17) is 9.47 Å². The molecule has 0 aliphatic rings. The zero-order valence-electron chi connectivity index (χ0n) is 14.6. The summed E-state index contributed by atoms with van der Waals surface area (Å²) in [6.07, 6.45) is 1.72. The van der Waals surface area contributed by atoms with Crippen molar-refractivity contribution in [3.63, 3.8) is 0 Å². The van der Waals surface area contributed by atoms with E-state index in [1.807, 2.05) is 18.2 Å². The van der Waals surface area contributed by atoms with Crippen molar-refractivity contribution in [2.75, 3.05) is 24.9 Å². The second-order valence-corrected chi connectivity index (χ2v) is 5.34. The van der Waals surface area contributed by atoms with Gasteiger partial charge in [0.2, 0.25) is 0 Å². The first-order valence-corrected chi connectivity index (χ1v) is 8.03. The molecular formula is C19H24N2O3. The average Bonchev–Trinajstić information content (AvgIpc) is 2.61. The molecule has 0 spiro atoms. The van der Waals surface area contributed by atoms with Crippen LogP contribution in [0.4, 0.5) is 16.2 Å². The fraction of sp³-hybridized carbons (Fsp3) is 0.316. The molecule has 0 saturated heterocycles. The molecule has 0 aromatic heterocycles. The Morgan fingerprint density at radius 1 is 0.917 bits per heavy atom. The summed E-state index contributed by atoms with van der Waals surface area (Å²) in [6.45, 7) is 4.15. The van der Waals surface area contributed by atoms with Gasteiger partial charge in [-0.05, 0) is 24.0 Å². The second-order valence-electron chi connectivity index (χ2n) is 5.34. The van der Waals surface area contributed by atoms with E-state index in [1.54, 1.807) is 32.4 Å². The molecule has 2 aromatic carbocycles. The third-order valence-electron chi connectivity index (χ3n) is 3.85. The van der Waals surface area contributed by atoms with E-state index >= 15 is 0 Å². The molecule has 0 radical (unpaired) electrons. The summed E-state index contributed by atoms with van der Waals surface area (Å²) in [5.74, 6) is 1.24. The summed E-state index contributed by atoms with van der Waals surface area (Å²) in [5, 5.41) is 5.81. The van der Waals surface area contributed by atoms with Crippen LogP contribution in [0, 0.1) is 0 Å². The van der Waals surface area contributed by atoms with E-state index in [0.29, 0.717) is 17.2 Å². The van der Waals surface area contributed by atoms with Gasteiger partial charge in [0.15, 0.2) is 0 Å². The summed E-state index contributed by atoms with van der Waals surface area (Å²) in [6, 6.07) is 11.0. The Kier molecular flexibility index (Phi) is 6.07. The number of urea groups is 1. The van der Waals surface area contributed by atoms with E-state index < -0.39 is 0 Å². The Bertz CT molecular complexity index is 669. The molecule has 24 heavy (non-hydrogen) atoms. The number of hydrogen-bond acceptors (Lipinski definition) is 3. The molecule has 0 unspecified atom stereocenters. The predicted octanol–water partition coefficient (Wildman–Crippen LogP) is 4.47. The SMILES string of the molecule is CCc1cccc(CC)c1NC(=O)Nc1cc(OC)cc(OC)c1. The Labute approximate surface area is 143 Å². The van der Waals surface area contributed by atoms with Crippen molar-refractivity contribution in [3.05, 3.63) is 47.5 Å². The number of benzene rings is 2. The van der Waals surface area contributed by atoms with Gasteiger partial charge in [-0.15, -0.1) is 0 Å². The molecule has 128 valence electrons. The van der Waals surface area contributed by atoms with Crippen LogP contribution in [0.5, 0.6) is 11.5 Å². The predicted molar refractivity (Wildman–Crippen MR) is 97.4 cm³/mol. The van der Waals surface area contributed by atoms with Crippen LogP contribution in [-0.2, 0) is 12.8 Å². The van der Waals surface area contributed by atoms with Gasteiger partial charge in [0.05, 0.1) is 14.2 Å². The number of nitrogens with one attached hydrogen (secondary N) is 2. The molecule has 0 aliphatic carbocycles. The zero-order chi connectivity index (χ0) is 17.5. The highest BCUT2D eigenvalue weighted by atomic mass is 16.5. The van der Waals surface area contributed by atoms with Gasteiger partial charge < -0.3 is 20.1 Å². The van der Waals surface area contributed by atoms with Crippen molar-refractivity contribution in [1.82, 2.24) is 0 Å².